The molecule has 1 heterocycles. The first-order chi connectivity index (χ1) is 5.09. The lowest BCUT2D eigenvalue weighted by Crippen LogP contribution is -1.89. The van der Waals surface area contributed by atoms with Crippen molar-refractivity contribution in [2.75, 3.05) is 0 Å². The molecular weight excluding hydrogens is 138 g/mol. The zero-order chi connectivity index (χ0) is 8.43. The number of allylic oxidation sites excluding steroid dienone is 1. The maximum atomic E-state index is 5.53. The molecule has 0 atom stereocenters. The Morgan fingerprint density at radius 2 is 2.36 bits per heavy atom. The molecule has 0 aromatic carbocycles. The van der Waals surface area contributed by atoms with Gasteiger partial charge in [0.25, 0.3) is 0 Å². The van der Waals surface area contributed by atoms with Gasteiger partial charge < -0.3 is 5.73 Å². The molecule has 60 valence electrons. The van der Waals surface area contributed by atoms with Crippen LogP contribution in [0.4, 0.5) is 0 Å². The highest BCUT2D eigenvalue weighted by atomic mass is 15.2. The second-order valence-corrected chi connectivity index (χ2v) is 2.73. The number of hydrogen-bond donors (Lipinski definition) is 1. The molecule has 0 radical (unpaired) electrons. The molecule has 0 aliphatic rings. The third-order valence-electron chi connectivity index (χ3n) is 1.43. The van der Waals surface area contributed by atoms with E-state index in [0.717, 1.165) is 17.0 Å². The summed E-state index contributed by atoms with van der Waals surface area (Å²) in [5.41, 5.74) is 8.43. The zero-order valence-electron chi connectivity index (χ0n) is 7.13. The van der Waals surface area contributed by atoms with Crippen LogP contribution in [0.5, 0.6) is 0 Å². The lowest BCUT2D eigenvalue weighted by Gasteiger charge is -1.88. The van der Waals surface area contributed by atoms with Crippen molar-refractivity contribution >= 4 is 6.08 Å². The fourth-order valence-corrected chi connectivity index (χ4v) is 1.00. The Bertz CT molecular complexity index is 280. The van der Waals surface area contributed by atoms with Gasteiger partial charge in [-0.1, -0.05) is 0 Å². The van der Waals surface area contributed by atoms with Gasteiger partial charge in [-0.15, -0.1) is 0 Å². The van der Waals surface area contributed by atoms with Crippen molar-refractivity contribution in [3.63, 3.8) is 0 Å². The van der Waals surface area contributed by atoms with E-state index in [9.17, 15) is 0 Å². The van der Waals surface area contributed by atoms with Crippen LogP contribution in [0, 0.1) is 6.92 Å². The van der Waals surface area contributed by atoms with Crippen LogP contribution in [0.15, 0.2) is 11.9 Å². The quantitative estimate of drug-likeness (QED) is 0.652. The van der Waals surface area contributed by atoms with Gasteiger partial charge in [0.1, 0.15) is 0 Å². The third-order valence-corrected chi connectivity index (χ3v) is 1.43. The first-order valence-corrected chi connectivity index (χ1v) is 3.53. The van der Waals surface area contributed by atoms with Gasteiger partial charge in [0, 0.05) is 24.5 Å². The van der Waals surface area contributed by atoms with Gasteiger partial charge in [0.05, 0.1) is 5.69 Å². The highest BCUT2D eigenvalue weighted by Gasteiger charge is 1.97. The molecule has 1 aromatic rings. The van der Waals surface area contributed by atoms with E-state index >= 15 is 0 Å². The molecule has 0 aliphatic carbocycles. The van der Waals surface area contributed by atoms with Crippen LogP contribution < -0.4 is 5.73 Å². The van der Waals surface area contributed by atoms with Crippen LogP contribution >= 0.6 is 0 Å². The molecular formula is C8H13N3. The molecule has 0 saturated carbocycles. The minimum atomic E-state index is 0.807. The maximum Gasteiger partial charge on any atom is 0.0666 e. The van der Waals surface area contributed by atoms with E-state index < -0.39 is 0 Å². The van der Waals surface area contributed by atoms with Crippen LogP contribution in [0.1, 0.15) is 18.2 Å². The van der Waals surface area contributed by atoms with E-state index in [0.29, 0.717) is 0 Å². The maximum absolute atomic E-state index is 5.53. The first-order valence-electron chi connectivity index (χ1n) is 3.53. The first kappa shape index (κ1) is 7.85. The van der Waals surface area contributed by atoms with Gasteiger partial charge in [0.15, 0.2) is 0 Å². The van der Waals surface area contributed by atoms with Gasteiger partial charge >= 0.3 is 0 Å². The largest absolute Gasteiger partial charge is 0.402 e. The second kappa shape index (κ2) is 2.78. The predicted molar refractivity (Wildman–Crippen MR) is 45.8 cm³/mol. The van der Waals surface area contributed by atoms with Gasteiger partial charge in [-0.2, -0.15) is 5.10 Å². The van der Waals surface area contributed by atoms with Crippen molar-refractivity contribution < 1.29 is 0 Å². The Morgan fingerprint density at radius 3 is 2.73 bits per heavy atom. The van der Waals surface area contributed by atoms with E-state index in [2.05, 4.69) is 5.10 Å². The highest BCUT2D eigenvalue weighted by Crippen LogP contribution is 2.07. The summed E-state index contributed by atoms with van der Waals surface area (Å²) in [6.45, 7) is 3.83. The average molecular weight is 151 g/mol. The Morgan fingerprint density at radius 1 is 1.73 bits per heavy atom. The van der Waals surface area contributed by atoms with Gasteiger partial charge in [-0.25, -0.2) is 0 Å². The minimum Gasteiger partial charge on any atom is -0.402 e. The van der Waals surface area contributed by atoms with Gasteiger partial charge in [-0.05, 0) is 19.9 Å². The average Bonchev–Trinajstić information content (AvgIpc) is 2.09. The molecule has 11 heavy (non-hydrogen) atoms. The summed E-state index contributed by atoms with van der Waals surface area (Å²) in [5, 5.41) is 4.18. The fourth-order valence-electron chi connectivity index (χ4n) is 1.00. The SMILES string of the molecule is C/C(N)=C/c1cn(C)nc1C. The molecule has 0 spiro atoms. The Hall–Kier alpha value is -1.25. The van der Waals surface area contributed by atoms with Gasteiger partial charge in [0.2, 0.25) is 0 Å². The van der Waals surface area contributed by atoms with E-state index in [1.165, 1.54) is 0 Å². The van der Waals surface area contributed by atoms with Crippen LogP contribution in [0.2, 0.25) is 0 Å². The van der Waals surface area contributed by atoms with Crippen LogP contribution in [-0.2, 0) is 7.05 Å². The number of aromatic nitrogens is 2. The minimum absolute atomic E-state index is 0.807. The fraction of sp³-hybridized carbons (Fsp3) is 0.375. The zero-order valence-corrected chi connectivity index (χ0v) is 7.13. The summed E-state index contributed by atoms with van der Waals surface area (Å²) in [4.78, 5) is 0. The van der Waals surface area contributed by atoms with Crippen LogP contribution in [0.3, 0.4) is 0 Å². The van der Waals surface area contributed by atoms with Crippen molar-refractivity contribution in [3.8, 4) is 0 Å². The van der Waals surface area contributed by atoms with Crippen LogP contribution in [-0.4, -0.2) is 9.78 Å². The lowest BCUT2D eigenvalue weighted by atomic mass is 10.2. The summed E-state index contributed by atoms with van der Waals surface area (Å²) >= 11 is 0. The molecule has 0 bridgehead atoms. The van der Waals surface area contributed by atoms with E-state index in [1.807, 2.05) is 33.2 Å². The third kappa shape index (κ3) is 1.83. The summed E-state index contributed by atoms with van der Waals surface area (Å²) in [6, 6.07) is 0. The molecule has 0 fully saturated rings. The monoisotopic (exact) mass is 151 g/mol. The lowest BCUT2D eigenvalue weighted by molar-refractivity contribution is 0.756. The standard InChI is InChI=1S/C8H13N3/c1-6(9)4-8-5-11(3)10-7(8)2/h4-5H,9H2,1-3H3/b6-4-. The summed E-state index contributed by atoms with van der Waals surface area (Å²) in [6.07, 6.45) is 3.87. The smallest absolute Gasteiger partial charge is 0.0666 e. The summed E-state index contributed by atoms with van der Waals surface area (Å²) < 4.78 is 1.78. The van der Waals surface area contributed by atoms with Crippen molar-refractivity contribution in [3.05, 3.63) is 23.2 Å². The Labute approximate surface area is 66.5 Å². The summed E-state index contributed by atoms with van der Waals surface area (Å²) in [7, 11) is 1.90. The van der Waals surface area contributed by atoms with E-state index in [4.69, 9.17) is 5.73 Å². The topological polar surface area (TPSA) is 43.8 Å². The van der Waals surface area contributed by atoms with Gasteiger partial charge in [-0.3, -0.25) is 4.68 Å². The highest BCUT2D eigenvalue weighted by molar-refractivity contribution is 5.52. The van der Waals surface area contributed by atoms with Crippen molar-refractivity contribution in [2.24, 2.45) is 12.8 Å². The van der Waals surface area contributed by atoms with Crippen LogP contribution in [0.25, 0.3) is 6.08 Å². The number of rotatable bonds is 1. The molecule has 3 nitrogen and oxygen atoms in total. The summed E-state index contributed by atoms with van der Waals surface area (Å²) in [5.74, 6) is 0. The molecule has 0 saturated heterocycles. The molecule has 1 aromatic heterocycles. The van der Waals surface area contributed by atoms with E-state index in [1.54, 1.807) is 4.68 Å². The molecule has 0 amide bonds. The number of aryl methyl sites for hydroxylation is 2. The molecule has 3 heteroatoms. The second-order valence-electron chi connectivity index (χ2n) is 2.73. The predicted octanol–water partition coefficient (Wildman–Crippen LogP) is 1.05. The normalized spacial score (nSPS) is 12.1. The van der Waals surface area contributed by atoms with Crippen molar-refractivity contribution in [2.45, 2.75) is 13.8 Å². The molecule has 0 unspecified atom stereocenters. The molecule has 0 aliphatic heterocycles. The molecule has 2 N–H and O–H groups in total. The number of hydrogen-bond acceptors (Lipinski definition) is 2. The van der Waals surface area contributed by atoms with E-state index in [-0.39, 0.29) is 0 Å². The van der Waals surface area contributed by atoms with Crippen molar-refractivity contribution in [1.82, 2.24) is 9.78 Å². The molecule has 1 rings (SSSR count). The number of nitrogens with two attached hydrogens (primary N) is 1. The Balaban J connectivity index is 3.04. The number of nitrogens with zero attached hydrogens (tertiary/aromatic N) is 2. The van der Waals surface area contributed by atoms with Crippen molar-refractivity contribution in [1.29, 1.82) is 0 Å². The Kier molecular flexibility index (Phi) is 1.98.